The molecule has 0 unspecified atom stereocenters. The van der Waals surface area contributed by atoms with Gasteiger partial charge in [-0.1, -0.05) is 53.5 Å². The van der Waals surface area contributed by atoms with Gasteiger partial charge in [0.1, 0.15) is 0 Å². The Bertz CT molecular complexity index is 1370. The van der Waals surface area contributed by atoms with Gasteiger partial charge < -0.3 is 5.32 Å². The fraction of sp³-hybridized carbons (Fsp3) is 0.0417. The van der Waals surface area contributed by atoms with Crippen molar-refractivity contribution in [3.8, 4) is 11.1 Å². The molecule has 5 aromatic rings. The van der Waals surface area contributed by atoms with Crippen molar-refractivity contribution < 1.29 is 0 Å². The first-order valence-electron chi connectivity index (χ1n) is 9.70. The minimum absolute atomic E-state index is 0.507. The quantitative estimate of drug-likeness (QED) is 0.331. The van der Waals surface area contributed by atoms with Crippen LogP contribution in [0, 0.1) is 0 Å². The Labute approximate surface area is 189 Å². The Balaban J connectivity index is 1.62. The van der Waals surface area contributed by atoms with E-state index < -0.39 is 0 Å². The number of hydrogen-bond donors (Lipinski definition) is 1. The molecular formula is C24H17Cl2N5. The maximum absolute atomic E-state index is 6.39. The first kappa shape index (κ1) is 19.5. The first-order valence-corrected chi connectivity index (χ1v) is 10.5. The predicted octanol–water partition coefficient (Wildman–Crippen LogP) is 6.59. The van der Waals surface area contributed by atoms with Crippen molar-refractivity contribution in [2.45, 2.75) is 6.54 Å². The average Bonchev–Trinajstić information content (AvgIpc) is 3.12. The van der Waals surface area contributed by atoms with E-state index in [1.165, 1.54) is 0 Å². The summed E-state index contributed by atoms with van der Waals surface area (Å²) in [5, 5.41) is 10.4. The van der Waals surface area contributed by atoms with Crippen molar-refractivity contribution in [2.75, 3.05) is 5.32 Å². The van der Waals surface area contributed by atoms with Crippen molar-refractivity contribution in [3.63, 3.8) is 0 Å². The molecule has 0 atom stereocenters. The number of nitrogens with zero attached hydrogens (tertiary/aromatic N) is 4. The summed E-state index contributed by atoms with van der Waals surface area (Å²) in [6.07, 6.45) is 5.41. The molecule has 0 amide bonds. The zero-order chi connectivity index (χ0) is 21.2. The monoisotopic (exact) mass is 445 g/mol. The number of hydrogen-bond acceptors (Lipinski definition) is 4. The van der Waals surface area contributed by atoms with Gasteiger partial charge in [-0.2, -0.15) is 5.10 Å². The molecule has 0 spiro atoms. The number of aromatic nitrogens is 4. The number of nitrogens with one attached hydrogen (secondary N) is 1. The van der Waals surface area contributed by atoms with Gasteiger partial charge in [0.2, 0.25) is 0 Å². The third-order valence-electron chi connectivity index (χ3n) is 4.95. The summed E-state index contributed by atoms with van der Waals surface area (Å²) in [4.78, 5) is 8.94. The Morgan fingerprint density at radius 1 is 0.871 bits per heavy atom. The molecule has 0 aliphatic rings. The summed E-state index contributed by atoms with van der Waals surface area (Å²) < 4.78 is 1.86. The van der Waals surface area contributed by atoms with E-state index in [-0.39, 0.29) is 0 Å². The highest BCUT2D eigenvalue weighted by molar-refractivity contribution is 6.31. The predicted molar refractivity (Wildman–Crippen MR) is 126 cm³/mol. The van der Waals surface area contributed by atoms with E-state index in [0.717, 1.165) is 33.4 Å². The van der Waals surface area contributed by atoms with Crippen LogP contribution in [0.1, 0.15) is 5.56 Å². The number of halogens is 2. The van der Waals surface area contributed by atoms with Gasteiger partial charge in [0, 0.05) is 45.5 Å². The van der Waals surface area contributed by atoms with Gasteiger partial charge in [-0.25, -0.2) is 9.67 Å². The van der Waals surface area contributed by atoms with Crippen LogP contribution in [0.25, 0.3) is 22.2 Å². The zero-order valence-corrected chi connectivity index (χ0v) is 17.8. The fourth-order valence-electron chi connectivity index (χ4n) is 3.44. The third kappa shape index (κ3) is 4.10. The van der Waals surface area contributed by atoms with Crippen LogP contribution in [-0.4, -0.2) is 19.7 Å². The van der Waals surface area contributed by atoms with Crippen LogP contribution >= 0.6 is 23.2 Å². The lowest BCUT2D eigenvalue weighted by Crippen LogP contribution is -2.03. The van der Waals surface area contributed by atoms with Crippen LogP contribution in [0.3, 0.4) is 0 Å². The third-order valence-corrected chi connectivity index (χ3v) is 5.55. The van der Waals surface area contributed by atoms with Crippen molar-refractivity contribution in [1.82, 2.24) is 19.7 Å². The smallest absolute Gasteiger partial charge is 0.162 e. The summed E-state index contributed by atoms with van der Waals surface area (Å²) in [6, 6.07) is 21.3. The highest BCUT2D eigenvalue weighted by Gasteiger charge is 2.15. The molecule has 3 aromatic heterocycles. The minimum atomic E-state index is 0.507. The summed E-state index contributed by atoms with van der Waals surface area (Å²) in [7, 11) is 0. The normalized spacial score (nSPS) is 11.0. The van der Waals surface area contributed by atoms with Gasteiger partial charge in [0.05, 0.1) is 11.9 Å². The molecular weight excluding hydrogens is 429 g/mol. The topological polar surface area (TPSA) is 55.6 Å². The first-order chi connectivity index (χ1) is 15.2. The summed E-state index contributed by atoms with van der Waals surface area (Å²) >= 11 is 12.6. The van der Waals surface area contributed by atoms with Crippen LogP contribution in [0.5, 0.6) is 0 Å². The summed E-state index contributed by atoms with van der Waals surface area (Å²) in [5.41, 5.74) is 4.54. The molecule has 7 heteroatoms. The molecule has 31 heavy (non-hydrogen) atoms. The number of rotatable bonds is 5. The highest BCUT2D eigenvalue weighted by Crippen LogP contribution is 2.30. The molecule has 0 fully saturated rings. The molecule has 2 aromatic carbocycles. The summed E-state index contributed by atoms with van der Waals surface area (Å²) in [5.74, 6) is 0.697. The van der Waals surface area contributed by atoms with Crippen LogP contribution in [-0.2, 0) is 6.54 Å². The van der Waals surface area contributed by atoms with E-state index in [1.807, 2.05) is 77.7 Å². The van der Waals surface area contributed by atoms with E-state index in [0.29, 0.717) is 22.4 Å². The van der Waals surface area contributed by atoms with Gasteiger partial charge in [0.25, 0.3) is 0 Å². The van der Waals surface area contributed by atoms with Gasteiger partial charge in [-0.05, 0) is 42.0 Å². The average molecular weight is 446 g/mol. The van der Waals surface area contributed by atoms with Crippen LogP contribution in [0.4, 0.5) is 11.5 Å². The fourth-order valence-corrected chi connectivity index (χ4v) is 3.83. The second kappa shape index (κ2) is 8.38. The molecule has 1 N–H and O–H groups in total. The number of benzene rings is 2. The molecule has 0 aliphatic carbocycles. The zero-order valence-electron chi connectivity index (χ0n) is 16.3. The second-order valence-electron chi connectivity index (χ2n) is 7.07. The number of pyridine rings is 2. The molecule has 0 bridgehead atoms. The van der Waals surface area contributed by atoms with Crippen LogP contribution < -0.4 is 5.32 Å². The SMILES string of the molecule is Clc1cccc(Nc2nn(Cc3ccccc3Cl)c3ncc(-c4cccnc4)cc23)c1. The van der Waals surface area contributed by atoms with Gasteiger partial charge in [-0.3, -0.25) is 4.98 Å². The van der Waals surface area contributed by atoms with E-state index in [1.54, 1.807) is 6.20 Å². The molecule has 152 valence electrons. The maximum atomic E-state index is 6.39. The molecule has 0 aliphatic heterocycles. The minimum Gasteiger partial charge on any atom is -0.338 e. The van der Waals surface area contributed by atoms with E-state index in [2.05, 4.69) is 16.4 Å². The van der Waals surface area contributed by atoms with Crippen molar-refractivity contribution in [3.05, 3.63) is 101 Å². The Hall–Kier alpha value is -3.41. The van der Waals surface area contributed by atoms with E-state index in [4.69, 9.17) is 33.3 Å². The van der Waals surface area contributed by atoms with Gasteiger partial charge >= 0.3 is 0 Å². The molecule has 0 saturated carbocycles. The molecule has 0 saturated heterocycles. The Morgan fingerprint density at radius 3 is 2.58 bits per heavy atom. The largest absolute Gasteiger partial charge is 0.338 e. The van der Waals surface area contributed by atoms with Crippen molar-refractivity contribution >= 4 is 45.7 Å². The van der Waals surface area contributed by atoms with Crippen molar-refractivity contribution in [2.24, 2.45) is 0 Å². The number of fused-ring (bicyclic) bond motifs is 1. The number of anilines is 2. The lowest BCUT2D eigenvalue weighted by atomic mass is 10.1. The lowest BCUT2D eigenvalue weighted by molar-refractivity contribution is 0.707. The molecule has 3 heterocycles. The Morgan fingerprint density at radius 2 is 1.77 bits per heavy atom. The second-order valence-corrected chi connectivity index (χ2v) is 7.91. The van der Waals surface area contributed by atoms with E-state index >= 15 is 0 Å². The van der Waals surface area contributed by atoms with Crippen molar-refractivity contribution in [1.29, 1.82) is 0 Å². The molecule has 5 rings (SSSR count). The lowest BCUT2D eigenvalue weighted by Gasteiger charge is -2.05. The summed E-state index contributed by atoms with van der Waals surface area (Å²) in [6.45, 7) is 0.507. The highest BCUT2D eigenvalue weighted by atomic mass is 35.5. The maximum Gasteiger partial charge on any atom is 0.162 e. The van der Waals surface area contributed by atoms with Crippen LogP contribution in [0.15, 0.2) is 85.3 Å². The standard InChI is InChI=1S/C24H17Cl2N5/c25-19-7-3-8-20(12-19)29-23-21-11-18(16-6-4-10-27-13-16)14-28-24(21)31(30-23)15-17-5-1-2-9-22(17)26/h1-14H,15H2,(H,29,30). The molecule has 5 nitrogen and oxygen atoms in total. The van der Waals surface area contributed by atoms with E-state index in [9.17, 15) is 0 Å². The van der Waals surface area contributed by atoms with Crippen LogP contribution in [0.2, 0.25) is 10.0 Å². The van der Waals surface area contributed by atoms with Gasteiger partial charge in [-0.15, -0.1) is 0 Å². The molecule has 0 radical (unpaired) electrons. The van der Waals surface area contributed by atoms with Gasteiger partial charge in [0.15, 0.2) is 11.5 Å². The Kier molecular flexibility index (Phi) is 5.28.